The summed E-state index contributed by atoms with van der Waals surface area (Å²) in [5.74, 6) is -1.66. The van der Waals surface area contributed by atoms with Crippen LogP contribution in [0.3, 0.4) is 0 Å². The highest BCUT2D eigenvalue weighted by atomic mass is 16.2. The molecule has 0 atom stereocenters. The van der Waals surface area contributed by atoms with Crippen molar-refractivity contribution in [2.45, 2.75) is 33.1 Å². The highest BCUT2D eigenvalue weighted by Crippen LogP contribution is 2.51. The van der Waals surface area contributed by atoms with E-state index in [1.807, 2.05) is 72.8 Å². The first kappa shape index (κ1) is 27.4. The molecule has 0 saturated carbocycles. The van der Waals surface area contributed by atoms with Crippen LogP contribution in [-0.2, 0) is 24.6 Å². The Morgan fingerprint density at radius 1 is 0.488 bits per heavy atom. The van der Waals surface area contributed by atoms with Crippen molar-refractivity contribution in [3.05, 3.63) is 130 Å². The number of carbonyl (C=O) groups is 5. The minimum Gasteiger partial charge on any atom is -0.289 e. The minimum absolute atomic E-state index is 0.0845. The fourth-order valence-electron chi connectivity index (χ4n) is 5.99. The van der Waals surface area contributed by atoms with Gasteiger partial charge in [0.15, 0.2) is 5.78 Å². The molecule has 5 rings (SSSR count). The van der Waals surface area contributed by atoms with E-state index in [1.54, 1.807) is 24.3 Å². The second-order valence-electron chi connectivity index (χ2n) is 10.0. The third-order valence-corrected chi connectivity index (χ3v) is 7.53. The summed E-state index contributed by atoms with van der Waals surface area (Å²) >= 11 is 0. The first-order valence-corrected chi connectivity index (χ1v) is 13.2. The highest BCUT2D eigenvalue weighted by Gasteiger charge is 2.46. The van der Waals surface area contributed by atoms with Gasteiger partial charge in [0, 0.05) is 38.8 Å². The summed E-state index contributed by atoms with van der Waals surface area (Å²) in [5.41, 5.74) is 4.19. The molecule has 0 N–H and O–H groups in total. The van der Waals surface area contributed by atoms with E-state index in [-0.39, 0.29) is 5.78 Å². The quantitative estimate of drug-likeness (QED) is 0.302. The first-order valence-electron chi connectivity index (χ1n) is 13.2. The molecule has 0 aliphatic heterocycles. The number of rotatable bonds is 4. The van der Waals surface area contributed by atoms with Gasteiger partial charge in [-0.05, 0) is 46.5 Å². The smallest absolute Gasteiger partial charge is 0.230 e. The summed E-state index contributed by atoms with van der Waals surface area (Å²) in [6.45, 7) is 5.35. The second-order valence-corrected chi connectivity index (χ2v) is 10.0. The lowest BCUT2D eigenvalue weighted by molar-refractivity contribution is -0.125. The molecule has 7 nitrogen and oxygen atoms in total. The number of benzene rings is 4. The van der Waals surface area contributed by atoms with Gasteiger partial charge in [0.1, 0.15) is 0 Å². The molecule has 0 radical (unpaired) electrons. The van der Waals surface area contributed by atoms with E-state index in [1.165, 1.54) is 27.7 Å². The van der Waals surface area contributed by atoms with Crippen LogP contribution in [0.15, 0.2) is 97.1 Å². The number of fused-ring (bicyclic) bond motifs is 2. The third kappa shape index (κ3) is 4.36. The van der Waals surface area contributed by atoms with Gasteiger partial charge in [-0.2, -0.15) is 0 Å². The summed E-state index contributed by atoms with van der Waals surface area (Å²) in [4.78, 5) is 64.8. The van der Waals surface area contributed by atoms with Crippen LogP contribution in [-0.4, -0.2) is 29.4 Å². The van der Waals surface area contributed by atoms with Gasteiger partial charge in [-0.25, -0.2) is 0 Å². The number of nitrogens with zero attached hydrogens (tertiary/aromatic N) is 2. The summed E-state index contributed by atoms with van der Waals surface area (Å²) in [6.07, 6.45) is 0. The molecule has 0 aromatic heterocycles. The summed E-state index contributed by atoms with van der Waals surface area (Å²) in [7, 11) is 0. The SMILES string of the molecule is CC(=O)N(C(C)=O)c1ccc(C2(c3ccc(N(C(C)=O)C(C)=O)cc3)c3ccccc3C(=O)c3ccccc32)cc1. The Kier molecular flexibility index (Phi) is 6.97. The molecule has 7 heteroatoms. The van der Waals surface area contributed by atoms with Crippen molar-refractivity contribution in [3.63, 3.8) is 0 Å². The Bertz CT molecular complexity index is 1570. The zero-order chi connectivity index (χ0) is 29.5. The van der Waals surface area contributed by atoms with Gasteiger partial charge in [0.2, 0.25) is 23.6 Å². The van der Waals surface area contributed by atoms with Crippen molar-refractivity contribution < 1.29 is 24.0 Å². The zero-order valence-electron chi connectivity index (χ0n) is 23.2. The Balaban J connectivity index is 1.82. The molecule has 0 bridgehead atoms. The minimum atomic E-state index is -0.966. The van der Waals surface area contributed by atoms with Crippen molar-refractivity contribution in [3.8, 4) is 0 Å². The lowest BCUT2D eigenvalue weighted by Gasteiger charge is -2.42. The summed E-state index contributed by atoms with van der Waals surface area (Å²) in [5, 5.41) is 0. The lowest BCUT2D eigenvalue weighted by Crippen LogP contribution is -2.38. The van der Waals surface area contributed by atoms with Gasteiger partial charge < -0.3 is 0 Å². The van der Waals surface area contributed by atoms with Crippen LogP contribution in [0.2, 0.25) is 0 Å². The maximum atomic E-state index is 13.7. The number of hydrogen-bond acceptors (Lipinski definition) is 5. The van der Waals surface area contributed by atoms with Gasteiger partial charge in [-0.3, -0.25) is 33.8 Å². The fourth-order valence-corrected chi connectivity index (χ4v) is 5.99. The van der Waals surface area contributed by atoms with E-state index >= 15 is 0 Å². The van der Waals surface area contributed by atoms with Gasteiger partial charge in [0.25, 0.3) is 0 Å². The maximum Gasteiger partial charge on any atom is 0.230 e. The van der Waals surface area contributed by atoms with Crippen LogP contribution < -0.4 is 9.80 Å². The predicted octanol–water partition coefficient (Wildman–Crippen LogP) is 5.41. The van der Waals surface area contributed by atoms with Crippen LogP contribution in [0.1, 0.15) is 65.9 Å². The predicted molar refractivity (Wildman–Crippen MR) is 156 cm³/mol. The van der Waals surface area contributed by atoms with Crippen molar-refractivity contribution in [2.24, 2.45) is 0 Å². The molecule has 4 amide bonds. The van der Waals surface area contributed by atoms with Gasteiger partial charge >= 0.3 is 0 Å². The van der Waals surface area contributed by atoms with E-state index in [9.17, 15) is 24.0 Å². The average Bonchev–Trinajstić information content (AvgIpc) is 2.94. The molecular weight excluding hydrogens is 516 g/mol. The molecule has 0 saturated heterocycles. The molecule has 204 valence electrons. The average molecular weight is 545 g/mol. The number of imide groups is 2. The van der Waals surface area contributed by atoms with E-state index in [4.69, 9.17) is 0 Å². The van der Waals surface area contributed by atoms with E-state index < -0.39 is 29.0 Å². The number of ketones is 1. The Morgan fingerprint density at radius 2 is 0.805 bits per heavy atom. The Labute approximate surface area is 238 Å². The topological polar surface area (TPSA) is 91.8 Å². The van der Waals surface area contributed by atoms with Crippen molar-refractivity contribution >= 4 is 40.8 Å². The molecular formula is C34H28N2O5. The van der Waals surface area contributed by atoms with Gasteiger partial charge in [-0.15, -0.1) is 0 Å². The standard InChI is InChI=1S/C34H28N2O5/c1-21(37)35(22(2)38)27-17-13-25(14-18-27)34(26-15-19-28(20-16-26)36(23(3)39)24(4)40)31-11-7-5-9-29(31)33(41)30-10-6-8-12-32(30)34/h5-20H,1-4H3. The molecule has 0 spiro atoms. The molecule has 4 aromatic carbocycles. The zero-order valence-corrected chi connectivity index (χ0v) is 23.2. The number of anilines is 2. The maximum absolute atomic E-state index is 13.7. The van der Waals surface area contributed by atoms with Gasteiger partial charge in [-0.1, -0.05) is 72.8 Å². The van der Waals surface area contributed by atoms with Gasteiger partial charge in [0.05, 0.1) is 16.8 Å². The van der Waals surface area contributed by atoms with Crippen LogP contribution >= 0.6 is 0 Å². The second kappa shape index (κ2) is 10.4. The van der Waals surface area contributed by atoms with Crippen molar-refractivity contribution in [1.29, 1.82) is 0 Å². The number of hydrogen-bond donors (Lipinski definition) is 0. The molecule has 0 fully saturated rings. The number of amides is 4. The van der Waals surface area contributed by atoms with Crippen molar-refractivity contribution in [2.75, 3.05) is 9.80 Å². The lowest BCUT2D eigenvalue weighted by atomic mass is 9.59. The Hall–Kier alpha value is -5.17. The molecule has 1 aliphatic rings. The Morgan fingerprint density at radius 3 is 1.12 bits per heavy atom. The summed E-state index contributed by atoms with van der Waals surface area (Å²) < 4.78 is 0. The molecule has 0 heterocycles. The van der Waals surface area contributed by atoms with E-state index in [0.717, 1.165) is 32.1 Å². The third-order valence-electron chi connectivity index (χ3n) is 7.53. The monoisotopic (exact) mass is 544 g/mol. The molecule has 0 unspecified atom stereocenters. The van der Waals surface area contributed by atoms with E-state index in [2.05, 4.69) is 0 Å². The fraction of sp³-hybridized carbons (Fsp3) is 0.147. The van der Waals surface area contributed by atoms with Crippen LogP contribution in [0.25, 0.3) is 0 Å². The van der Waals surface area contributed by atoms with Crippen LogP contribution in [0.4, 0.5) is 11.4 Å². The largest absolute Gasteiger partial charge is 0.289 e. The van der Waals surface area contributed by atoms with Crippen molar-refractivity contribution in [1.82, 2.24) is 0 Å². The summed E-state index contributed by atoms with van der Waals surface area (Å²) in [6, 6.07) is 29.3. The van der Waals surface area contributed by atoms with E-state index in [0.29, 0.717) is 22.5 Å². The molecule has 1 aliphatic carbocycles. The normalized spacial score (nSPS) is 13.0. The molecule has 4 aromatic rings. The number of carbonyl (C=O) groups excluding carboxylic acids is 5. The van der Waals surface area contributed by atoms with Crippen LogP contribution in [0, 0.1) is 0 Å². The van der Waals surface area contributed by atoms with Crippen LogP contribution in [0.5, 0.6) is 0 Å². The molecule has 41 heavy (non-hydrogen) atoms. The first-order chi connectivity index (χ1) is 19.6. The highest BCUT2D eigenvalue weighted by molar-refractivity contribution is 6.15.